The number of aryl methyl sites for hydroxylation is 10. The number of primary amides is 5. The van der Waals surface area contributed by atoms with Gasteiger partial charge in [0.15, 0.2) is 39.0 Å². The smallest absolute Gasteiger partial charge is 0.250 e. The molecule has 15 aromatic rings. The number of carbonyl (C=O) groups excluding carboxylic acids is 5. The maximum Gasteiger partial charge on any atom is 0.250 e. The molecular weight excluding hydrogens is 1970 g/mol. The van der Waals surface area contributed by atoms with E-state index in [2.05, 4.69) is 108 Å². The average Bonchev–Trinajstić information content (AvgIpc) is 1.68. The fourth-order valence-electron chi connectivity index (χ4n) is 15.7. The molecule has 0 spiro atoms. The molecule has 2 fully saturated rings. The minimum absolute atomic E-state index is 0.123. The highest BCUT2D eigenvalue weighted by molar-refractivity contribution is 8.01. The fourth-order valence-corrected chi connectivity index (χ4v) is 21.0. The van der Waals surface area contributed by atoms with E-state index in [1.54, 1.807) is 97.4 Å². The van der Waals surface area contributed by atoms with Gasteiger partial charge in [0.25, 0.3) is 29.5 Å². The van der Waals surface area contributed by atoms with Gasteiger partial charge in [-0.3, -0.25) is 28.2 Å². The molecule has 40 heteroatoms. The molecular formula is C108H115N23O12S5. The molecule has 0 radical (unpaired) electrons. The molecule has 2 saturated carbocycles. The average molecular weight is 2090 g/mol. The minimum Gasteiger partial charge on any atom is -0.366 e. The Bertz CT molecular complexity index is 8110. The van der Waals surface area contributed by atoms with Gasteiger partial charge in [0.05, 0.1) is 52.6 Å². The number of aromatic nitrogens is 15. The second-order valence-electron chi connectivity index (χ2n) is 36.5. The lowest BCUT2D eigenvalue weighted by molar-refractivity contribution is -0.113. The quantitative estimate of drug-likeness (QED) is 0.0162. The molecule has 0 saturated heterocycles. The van der Waals surface area contributed by atoms with Crippen molar-refractivity contribution in [1.29, 1.82) is 0 Å². The SMILES string of the molecule is C=S(=O)(NC1CC1)c1ccc(/C(=C\n2cnc(-c3cc(C)cc(C)c3)n2)C(N)=O)cc1.C=S(C)(=O)Nc1cccc(/C(=C\n2cnc(-c3cc(C)cc(C)c3)n2)C(N)=O)c1.C=S(C)(=O)c1ccc(/C(=C\n2cnc(-c3cc(C)cc(C)c3)n2)C(N)=O)cc1.Cc1cc(C)cc(-c2ncn(/C=C(/C(N)=O)c3ccc(S(=O)(=O)C4CC4)cc3)n2)c1.Cc1cc(C)cc(-c2ncn(/C=C(/C(N)=O)c3ccc(S(=O)(=O)N(C)C)cc3)n2)c1. The van der Waals surface area contributed by atoms with Crippen LogP contribution < -0.4 is 38.1 Å². The van der Waals surface area contributed by atoms with Gasteiger partial charge in [-0.15, -0.1) is 25.5 Å². The van der Waals surface area contributed by atoms with Crippen LogP contribution in [0, 0.1) is 69.2 Å². The summed E-state index contributed by atoms with van der Waals surface area (Å²) in [6.07, 6.45) is 21.6. The van der Waals surface area contributed by atoms with E-state index in [0.717, 1.165) is 101 Å². The molecule has 2 aliphatic rings. The molecule has 148 heavy (non-hydrogen) atoms. The number of anilines is 1. The highest BCUT2D eigenvalue weighted by Gasteiger charge is 2.37. The standard InChI is InChI=1S/C23H25N5O2S.C22H22N4O3S.C21H23N5O3S.C21H23N5O2S.C21H22N4O2S/c1-15-10-16(2)12-18(11-15)23-25-14-28(26-23)13-21(22(24)29)17-4-8-20(9-5-17)31(3,30)27-19-6-7-19;1-14-9-15(2)11-17(10-14)22-24-13-26(25-22)12-20(21(23)27)16-3-5-18(6-4-16)30(28,29)19-7-8-19;1-14-9-15(2)11-17(10-14)21-23-13-26(24-21)12-19(20(22)27)16-5-7-18(8-6-16)30(28,29)25(3)4;1-14-8-15(2)10-17(9-14)21-23-13-26(24-21)12-19(20(22)27)16-6-5-7-18(11-16)25-29(3,4)28;1-14-9-15(2)11-17(10-14)21-23-13-25(24-21)12-19(20(22)26)16-5-7-18(8-6-16)28(3,4)27/h4-5,8-14,19H,3,6-7H2,1-2H3,(H2,24,29)(H,27,30);3-6,9-13,19H,7-8H2,1-2H3,(H2,23,27);5-13H,1-4H3,(H2,22,27);5-13H,3H2,1-2,4H3,(H2,22,27)(H,25,28);5-13H,3H2,1-2,4H3,(H2,22,26)/b21-13+;20-12+;3*19-12+. The Balaban J connectivity index is 0.000000155. The maximum absolute atomic E-state index is 12.8. The van der Waals surface area contributed by atoms with E-state index in [4.69, 9.17) is 28.7 Å². The molecule has 2 aliphatic carbocycles. The lowest BCUT2D eigenvalue weighted by atomic mass is 10.1. The van der Waals surface area contributed by atoms with Crippen LogP contribution in [0.2, 0.25) is 0 Å². The number of hydrogen-bond acceptors (Lipinski definition) is 22. The van der Waals surface area contributed by atoms with E-state index in [0.29, 0.717) is 85.3 Å². The Labute approximate surface area is 860 Å². The lowest BCUT2D eigenvalue weighted by Crippen LogP contribution is -2.25. The Kier molecular flexibility index (Phi) is 33.8. The number of sulfonamides is 1. The predicted octanol–water partition coefficient (Wildman–Crippen LogP) is 13.5. The van der Waals surface area contributed by atoms with Crippen LogP contribution in [0.25, 0.3) is 116 Å². The first kappa shape index (κ1) is 109. The van der Waals surface area contributed by atoms with Crippen molar-refractivity contribution in [1.82, 2.24) is 82.8 Å². The summed E-state index contributed by atoms with van der Waals surface area (Å²) in [6.45, 7) is 20.1. The molecule has 3 atom stereocenters. The molecule has 5 aromatic heterocycles. The molecule has 17 rings (SSSR count). The Morgan fingerprint density at radius 2 is 0.581 bits per heavy atom. The van der Waals surface area contributed by atoms with E-state index < -0.39 is 78.3 Å². The summed E-state index contributed by atoms with van der Waals surface area (Å²) in [5, 5.41) is 21.9. The third kappa shape index (κ3) is 29.3. The number of rotatable bonds is 30. The Hall–Kier alpha value is -16.4. The number of sulfone groups is 1. The lowest BCUT2D eigenvalue weighted by Gasteiger charge is -2.12. The van der Waals surface area contributed by atoms with Crippen molar-refractivity contribution >= 4 is 160 Å². The molecule has 5 heterocycles. The molecule has 5 amide bonds. The van der Waals surface area contributed by atoms with Crippen molar-refractivity contribution in [2.45, 2.75) is 126 Å². The Morgan fingerprint density at radius 1 is 0.331 bits per heavy atom. The van der Waals surface area contributed by atoms with Crippen LogP contribution in [-0.4, -0.2) is 193 Å². The zero-order chi connectivity index (χ0) is 107. The molecule has 10 aromatic carbocycles. The van der Waals surface area contributed by atoms with Gasteiger partial charge >= 0.3 is 0 Å². The van der Waals surface area contributed by atoms with E-state index >= 15 is 0 Å². The number of nitrogens with one attached hydrogen (secondary N) is 2. The summed E-state index contributed by atoms with van der Waals surface area (Å²) >= 11 is 0. The van der Waals surface area contributed by atoms with Crippen LogP contribution in [-0.2, 0) is 72.8 Å². The first-order valence-electron chi connectivity index (χ1n) is 46.1. The van der Waals surface area contributed by atoms with Gasteiger partial charge in [0.1, 0.15) is 31.6 Å². The van der Waals surface area contributed by atoms with Crippen LogP contribution in [0.15, 0.2) is 264 Å². The summed E-state index contributed by atoms with van der Waals surface area (Å²) in [7, 11) is -11.3. The zero-order valence-corrected chi connectivity index (χ0v) is 88.2. The molecule has 0 bridgehead atoms. The molecule has 12 N–H and O–H groups in total. The van der Waals surface area contributed by atoms with Gasteiger partial charge in [0, 0.05) is 117 Å². The van der Waals surface area contributed by atoms with Gasteiger partial charge in [-0.05, 0) is 271 Å². The second kappa shape index (κ2) is 45.9. The van der Waals surface area contributed by atoms with Crippen LogP contribution in [0.1, 0.15) is 109 Å². The number of nitrogens with zero attached hydrogens (tertiary/aromatic N) is 16. The monoisotopic (exact) mass is 2090 g/mol. The predicted molar refractivity (Wildman–Crippen MR) is 589 cm³/mol. The zero-order valence-electron chi connectivity index (χ0n) is 84.1. The van der Waals surface area contributed by atoms with Crippen molar-refractivity contribution in [3.05, 3.63) is 327 Å². The third-order valence-corrected chi connectivity index (χ3v) is 30.4. The van der Waals surface area contributed by atoms with Gasteiger partial charge in [-0.2, -0.15) is 0 Å². The van der Waals surface area contributed by atoms with Crippen molar-refractivity contribution in [3.63, 3.8) is 0 Å². The maximum atomic E-state index is 12.8. The fraction of sp³-hybridized carbons (Fsp3) is 0.185. The highest BCUT2D eigenvalue weighted by Crippen LogP contribution is 2.36. The number of carbonyl (C=O) groups is 5. The van der Waals surface area contributed by atoms with Crippen LogP contribution in [0.5, 0.6) is 0 Å². The minimum atomic E-state index is -3.56. The topological polar surface area (TPSA) is 516 Å². The number of nitrogens with two attached hydrogens (primary N) is 5. The van der Waals surface area contributed by atoms with E-state index in [9.17, 15) is 53.4 Å². The van der Waals surface area contributed by atoms with Crippen molar-refractivity contribution in [2.75, 3.05) is 31.3 Å². The van der Waals surface area contributed by atoms with E-state index in [-0.39, 0.29) is 48.9 Å². The summed E-state index contributed by atoms with van der Waals surface area (Å²) in [4.78, 5) is 83.5. The molecule has 0 aliphatic heterocycles. The van der Waals surface area contributed by atoms with E-state index in [1.807, 2.05) is 130 Å². The summed E-state index contributed by atoms with van der Waals surface area (Å²) < 4.78 is 100. The number of amides is 5. The largest absolute Gasteiger partial charge is 0.366 e. The van der Waals surface area contributed by atoms with Gasteiger partial charge in [-0.1, -0.05) is 147 Å². The van der Waals surface area contributed by atoms with Crippen LogP contribution in [0.4, 0.5) is 5.69 Å². The van der Waals surface area contributed by atoms with Crippen molar-refractivity contribution in [2.24, 2.45) is 28.7 Å². The summed E-state index contributed by atoms with van der Waals surface area (Å²) in [5.41, 5.74) is 48.0. The van der Waals surface area contributed by atoms with Crippen LogP contribution in [0.3, 0.4) is 0 Å². The van der Waals surface area contributed by atoms with Gasteiger partial charge in [-0.25, -0.2) is 82.6 Å². The summed E-state index contributed by atoms with van der Waals surface area (Å²) in [5.74, 6) is 10.7. The van der Waals surface area contributed by atoms with Crippen molar-refractivity contribution < 1.29 is 53.4 Å². The highest BCUT2D eigenvalue weighted by atomic mass is 32.2. The Morgan fingerprint density at radius 3 is 0.818 bits per heavy atom. The second-order valence-corrected chi connectivity index (χ2v) is 47.7. The van der Waals surface area contributed by atoms with Gasteiger partial charge < -0.3 is 33.4 Å². The molecule has 35 nitrogen and oxygen atoms in total. The summed E-state index contributed by atoms with van der Waals surface area (Å²) in [6, 6.07) is 63.3. The number of hydrogen-bond donors (Lipinski definition) is 7. The molecule has 3 unspecified atom stereocenters. The normalized spacial score (nSPS) is 14.2. The first-order valence-corrected chi connectivity index (χ1v) is 55.1. The van der Waals surface area contributed by atoms with Crippen molar-refractivity contribution in [3.8, 4) is 56.9 Å². The molecule has 764 valence electrons. The first-order chi connectivity index (χ1) is 69.8. The van der Waals surface area contributed by atoms with Gasteiger partial charge in [0.2, 0.25) is 10.0 Å². The third-order valence-electron chi connectivity index (χ3n) is 22.6. The van der Waals surface area contributed by atoms with Crippen LogP contribution >= 0.6 is 0 Å². The number of benzene rings is 10. The van der Waals surface area contributed by atoms with E-state index in [1.165, 1.54) is 137 Å².